The van der Waals surface area contributed by atoms with Gasteiger partial charge in [0.15, 0.2) is 0 Å². The first-order valence-corrected chi connectivity index (χ1v) is 4.18. The largest absolute Gasteiger partial charge is 0.0882 e. The van der Waals surface area contributed by atoms with Crippen LogP contribution in [0, 0.1) is 11.8 Å². The molecule has 0 aromatic carbocycles. The molecule has 0 saturated carbocycles. The molecule has 0 nitrogen and oxygen atoms in total. The summed E-state index contributed by atoms with van der Waals surface area (Å²) in [7, 11) is 0. The number of hydrogen-bond donors (Lipinski definition) is 0. The van der Waals surface area contributed by atoms with Gasteiger partial charge in [0.05, 0.1) is 0 Å². The van der Waals surface area contributed by atoms with Crippen LogP contribution in [0.5, 0.6) is 0 Å². The molecule has 0 unspecified atom stereocenters. The molecule has 0 heterocycles. The molecule has 2 atom stereocenters. The minimum atomic E-state index is 0.894. The fourth-order valence-corrected chi connectivity index (χ4v) is 2.18. The third-order valence-electron chi connectivity index (χ3n) is 2.70. The molecule has 2 aliphatic carbocycles. The molecule has 0 N–H and O–H groups in total. The van der Waals surface area contributed by atoms with Gasteiger partial charge in [-0.3, -0.25) is 0 Å². The zero-order chi connectivity index (χ0) is 6.97. The van der Waals surface area contributed by atoms with Crippen molar-refractivity contribution in [1.82, 2.24) is 0 Å². The molecule has 0 amide bonds. The van der Waals surface area contributed by atoms with Gasteiger partial charge >= 0.3 is 0 Å². The van der Waals surface area contributed by atoms with Gasteiger partial charge in [-0.1, -0.05) is 23.8 Å². The molecule has 2 aliphatic rings. The highest BCUT2D eigenvalue weighted by Crippen LogP contribution is 2.37. The predicted octanol–water partition coefficient (Wildman–Crippen LogP) is 2.92. The zero-order valence-electron chi connectivity index (χ0n) is 6.51. The Hall–Kier alpha value is -0.520. The molecule has 0 saturated heterocycles. The van der Waals surface area contributed by atoms with E-state index in [2.05, 4.69) is 25.2 Å². The topological polar surface area (TPSA) is 0 Å². The van der Waals surface area contributed by atoms with Crippen LogP contribution in [0.1, 0.15) is 26.2 Å². The van der Waals surface area contributed by atoms with E-state index in [9.17, 15) is 0 Å². The van der Waals surface area contributed by atoms with Gasteiger partial charge in [0, 0.05) is 0 Å². The SMILES string of the molecule is CC1=C[C@H]2CC=CC[C@H]2C1. The molecule has 54 valence electrons. The molecule has 0 aromatic rings. The lowest BCUT2D eigenvalue weighted by Crippen LogP contribution is -2.09. The minimum absolute atomic E-state index is 0.894. The Bertz CT molecular complexity index is 186. The summed E-state index contributed by atoms with van der Waals surface area (Å²) in [6, 6.07) is 0. The second kappa shape index (κ2) is 2.26. The Morgan fingerprint density at radius 1 is 1.30 bits per heavy atom. The molecule has 0 aliphatic heterocycles. The van der Waals surface area contributed by atoms with Gasteiger partial charge in [-0.25, -0.2) is 0 Å². The normalized spacial score (nSPS) is 37.5. The van der Waals surface area contributed by atoms with Crippen molar-refractivity contribution < 1.29 is 0 Å². The molecule has 0 radical (unpaired) electrons. The lowest BCUT2D eigenvalue weighted by Gasteiger charge is -2.19. The average Bonchev–Trinajstić information content (AvgIpc) is 2.27. The van der Waals surface area contributed by atoms with Crippen LogP contribution in [0.25, 0.3) is 0 Å². The third kappa shape index (κ3) is 0.920. The van der Waals surface area contributed by atoms with Crippen LogP contribution in [0.3, 0.4) is 0 Å². The van der Waals surface area contributed by atoms with Crippen molar-refractivity contribution in [3.05, 3.63) is 23.8 Å². The minimum Gasteiger partial charge on any atom is -0.0882 e. The van der Waals surface area contributed by atoms with Crippen LogP contribution in [0.4, 0.5) is 0 Å². The van der Waals surface area contributed by atoms with Crippen molar-refractivity contribution in [3.63, 3.8) is 0 Å². The maximum atomic E-state index is 2.47. The first-order valence-electron chi connectivity index (χ1n) is 4.18. The van der Waals surface area contributed by atoms with Crippen LogP contribution < -0.4 is 0 Å². The second-order valence-corrected chi connectivity index (χ2v) is 3.58. The van der Waals surface area contributed by atoms with Gasteiger partial charge in [-0.05, 0) is 38.0 Å². The Morgan fingerprint density at radius 3 is 2.90 bits per heavy atom. The summed E-state index contributed by atoms with van der Waals surface area (Å²) in [6.07, 6.45) is 11.1. The number of fused-ring (bicyclic) bond motifs is 1. The molecular formula is C10H14. The van der Waals surface area contributed by atoms with E-state index < -0.39 is 0 Å². The Kier molecular flexibility index (Phi) is 1.40. The van der Waals surface area contributed by atoms with Gasteiger partial charge in [0.1, 0.15) is 0 Å². The molecule has 2 rings (SSSR count). The van der Waals surface area contributed by atoms with E-state index in [0.717, 1.165) is 11.8 Å². The van der Waals surface area contributed by atoms with Crippen molar-refractivity contribution in [2.45, 2.75) is 26.2 Å². The standard InChI is InChI=1S/C10H14/c1-8-6-9-4-2-3-5-10(9)7-8/h2-3,6,9-10H,4-5,7H2,1H3/t9-,10+/m1/s1. The molecule has 0 spiro atoms. The van der Waals surface area contributed by atoms with Gasteiger partial charge < -0.3 is 0 Å². The first kappa shape index (κ1) is 6.21. The summed E-state index contributed by atoms with van der Waals surface area (Å²) in [5.41, 5.74) is 1.61. The van der Waals surface area contributed by atoms with Crippen LogP contribution in [-0.4, -0.2) is 0 Å². The summed E-state index contributed by atoms with van der Waals surface area (Å²) in [4.78, 5) is 0. The van der Waals surface area contributed by atoms with Crippen molar-refractivity contribution in [3.8, 4) is 0 Å². The molecule has 10 heavy (non-hydrogen) atoms. The number of allylic oxidation sites excluding steroid dienone is 4. The second-order valence-electron chi connectivity index (χ2n) is 3.58. The Morgan fingerprint density at radius 2 is 2.10 bits per heavy atom. The molecule has 0 aromatic heterocycles. The molecule has 0 heteroatoms. The Balaban J connectivity index is 2.14. The van der Waals surface area contributed by atoms with E-state index in [4.69, 9.17) is 0 Å². The third-order valence-corrected chi connectivity index (χ3v) is 2.70. The summed E-state index contributed by atoms with van der Waals surface area (Å²) >= 11 is 0. The van der Waals surface area contributed by atoms with E-state index in [-0.39, 0.29) is 0 Å². The quantitative estimate of drug-likeness (QED) is 0.447. The smallest absolute Gasteiger partial charge is 0.0162 e. The highest BCUT2D eigenvalue weighted by atomic mass is 14.3. The summed E-state index contributed by atoms with van der Waals surface area (Å²) in [6.45, 7) is 2.26. The van der Waals surface area contributed by atoms with Crippen LogP contribution in [0.2, 0.25) is 0 Å². The molecular weight excluding hydrogens is 120 g/mol. The zero-order valence-corrected chi connectivity index (χ0v) is 6.51. The fraction of sp³-hybridized carbons (Fsp3) is 0.600. The lowest BCUT2D eigenvalue weighted by atomic mass is 9.86. The van der Waals surface area contributed by atoms with E-state index >= 15 is 0 Å². The number of hydrogen-bond acceptors (Lipinski definition) is 0. The molecule has 0 fully saturated rings. The van der Waals surface area contributed by atoms with Crippen LogP contribution in [0.15, 0.2) is 23.8 Å². The molecule has 0 bridgehead atoms. The summed E-state index contributed by atoms with van der Waals surface area (Å²) in [5, 5.41) is 0. The average molecular weight is 134 g/mol. The predicted molar refractivity (Wildman–Crippen MR) is 43.7 cm³/mol. The van der Waals surface area contributed by atoms with E-state index in [1.165, 1.54) is 19.3 Å². The van der Waals surface area contributed by atoms with Crippen molar-refractivity contribution in [2.24, 2.45) is 11.8 Å². The van der Waals surface area contributed by atoms with E-state index in [0.29, 0.717) is 0 Å². The fourth-order valence-electron chi connectivity index (χ4n) is 2.18. The Labute approximate surface area is 62.6 Å². The first-order chi connectivity index (χ1) is 4.86. The number of rotatable bonds is 0. The highest BCUT2D eigenvalue weighted by Gasteiger charge is 2.25. The highest BCUT2D eigenvalue weighted by molar-refractivity contribution is 5.15. The van der Waals surface area contributed by atoms with Gasteiger partial charge in [-0.15, -0.1) is 0 Å². The van der Waals surface area contributed by atoms with Gasteiger partial charge in [0.2, 0.25) is 0 Å². The maximum absolute atomic E-state index is 2.47. The lowest BCUT2D eigenvalue weighted by molar-refractivity contribution is 0.413. The van der Waals surface area contributed by atoms with Crippen LogP contribution >= 0.6 is 0 Å². The van der Waals surface area contributed by atoms with Crippen molar-refractivity contribution in [2.75, 3.05) is 0 Å². The van der Waals surface area contributed by atoms with Gasteiger partial charge in [0.25, 0.3) is 0 Å². The van der Waals surface area contributed by atoms with Crippen molar-refractivity contribution in [1.29, 1.82) is 0 Å². The van der Waals surface area contributed by atoms with Crippen LogP contribution in [-0.2, 0) is 0 Å². The summed E-state index contributed by atoms with van der Waals surface area (Å²) in [5.74, 6) is 1.86. The summed E-state index contributed by atoms with van der Waals surface area (Å²) < 4.78 is 0. The van der Waals surface area contributed by atoms with Gasteiger partial charge in [-0.2, -0.15) is 0 Å². The monoisotopic (exact) mass is 134 g/mol. The van der Waals surface area contributed by atoms with E-state index in [1.54, 1.807) is 5.57 Å². The van der Waals surface area contributed by atoms with E-state index in [1.807, 2.05) is 0 Å². The maximum Gasteiger partial charge on any atom is -0.0162 e. The van der Waals surface area contributed by atoms with Crippen molar-refractivity contribution >= 4 is 0 Å².